The highest BCUT2D eigenvalue weighted by Gasteiger charge is 2.38. The Kier molecular flexibility index (Phi) is 25.5. The van der Waals surface area contributed by atoms with Crippen LogP contribution >= 0.6 is 0 Å². The molecule has 0 bridgehead atoms. The van der Waals surface area contributed by atoms with Gasteiger partial charge in [0.05, 0.1) is 38.7 Å². The van der Waals surface area contributed by atoms with Gasteiger partial charge in [0.2, 0.25) is 30.1 Å². The number of nitrogens with zero attached hydrogens (tertiary/aromatic N) is 16. The number of likely N-dealkylation sites (tertiary alicyclic amines) is 1. The molecule has 4 aliphatic heterocycles. The molecule has 134 heavy (non-hydrogen) atoms. The molecule has 0 saturated carbocycles. The van der Waals surface area contributed by atoms with Gasteiger partial charge in [0.1, 0.15) is 103 Å². The van der Waals surface area contributed by atoms with Crippen LogP contribution in [0.25, 0.3) is 111 Å². The van der Waals surface area contributed by atoms with E-state index >= 15 is 0 Å². The number of piperidine rings is 4. The number of rotatable bonds is 18. The number of aromatic amines is 4. The van der Waals surface area contributed by atoms with Crippen LogP contribution in [0, 0.1) is 11.0 Å². The summed E-state index contributed by atoms with van der Waals surface area (Å²) in [5, 5.41) is 14.9. The number of sulfonamides is 3. The zero-order valence-electron chi connectivity index (χ0n) is 74.0. The van der Waals surface area contributed by atoms with Gasteiger partial charge in [0, 0.05) is 187 Å². The number of carbonyl (C=O) groups is 1. The number of fused-ring (bicyclic) bond motifs is 8. The van der Waals surface area contributed by atoms with E-state index in [0.717, 1.165) is 185 Å². The number of hydrogen-bond acceptors (Lipinski definition) is 20. The van der Waals surface area contributed by atoms with Gasteiger partial charge in [-0.15, -0.1) is 0 Å². The highest BCUT2D eigenvalue weighted by Crippen LogP contribution is 2.43. The first-order valence-electron chi connectivity index (χ1n) is 44.8. The summed E-state index contributed by atoms with van der Waals surface area (Å²) in [6.07, 6.45) is 21.6. The molecule has 0 aliphatic carbocycles. The van der Waals surface area contributed by atoms with Crippen LogP contribution in [0.1, 0.15) is 142 Å². The average molecular weight is 1870 g/mol. The molecule has 6 aromatic carbocycles. The minimum atomic E-state index is -3.68. The number of nitrogen functional groups attached to an aromatic ring is 4. The monoisotopic (exact) mass is 1870 g/mol. The van der Waals surface area contributed by atoms with Gasteiger partial charge in [-0.25, -0.2) is 78.1 Å². The van der Waals surface area contributed by atoms with E-state index in [1.807, 2.05) is 139 Å². The summed E-state index contributed by atoms with van der Waals surface area (Å²) in [6.45, 7) is 9.48. The van der Waals surface area contributed by atoms with Crippen molar-refractivity contribution in [1.82, 2.24) is 95.2 Å². The Hall–Kier alpha value is -13.8. The lowest BCUT2D eigenvalue weighted by molar-refractivity contribution is -0.497. The van der Waals surface area contributed by atoms with E-state index in [2.05, 4.69) is 76.3 Å². The van der Waals surface area contributed by atoms with Gasteiger partial charge in [-0.05, 0) is 157 Å². The first kappa shape index (κ1) is 90.7. The van der Waals surface area contributed by atoms with Crippen molar-refractivity contribution >= 4 is 131 Å². The summed E-state index contributed by atoms with van der Waals surface area (Å²) < 4.78 is 102. The molecular weight excluding hydrogens is 1760 g/mol. The molecule has 0 unspecified atom stereocenters. The highest BCUT2D eigenvalue weighted by molar-refractivity contribution is 7.90. The Bertz CT molecular complexity index is 7600. The number of para-hydroxylation sites is 4. The first-order chi connectivity index (χ1) is 64.4. The van der Waals surface area contributed by atoms with Gasteiger partial charge in [0.25, 0.3) is 5.91 Å². The summed E-state index contributed by atoms with van der Waals surface area (Å²) in [6, 6.07) is 52.3. The number of carbonyl (C=O) groups excluding carboxylic acids is 1. The molecule has 16 N–H and O–H groups in total. The van der Waals surface area contributed by atoms with Gasteiger partial charge < -0.3 is 63.9 Å². The van der Waals surface area contributed by atoms with Crippen LogP contribution in [0.15, 0.2) is 224 Å². The predicted octanol–water partition coefficient (Wildman–Crippen LogP) is 13.7. The van der Waals surface area contributed by atoms with Crippen LogP contribution in [0.3, 0.4) is 0 Å². The quantitative estimate of drug-likeness (QED) is 0.0284. The fourth-order valence-corrected chi connectivity index (χ4v) is 23.4. The molecule has 16 heterocycles. The molecule has 4 saturated heterocycles. The van der Waals surface area contributed by atoms with Crippen molar-refractivity contribution in [2.45, 2.75) is 119 Å². The van der Waals surface area contributed by atoms with Crippen molar-refractivity contribution in [1.29, 1.82) is 0 Å². The Balaban J connectivity index is 0.000000119. The normalized spacial score (nSPS) is 15.7. The van der Waals surface area contributed by atoms with Crippen molar-refractivity contribution in [2.24, 2.45) is 0 Å². The van der Waals surface area contributed by atoms with Crippen molar-refractivity contribution < 1.29 is 45.4 Å². The van der Waals surface area contributed by atoms with Crippen LogP contribution in [0.5, 0.6) is 0 Å². The maximum absolute atomic E-state index is 13.3. The van der Waals surface area contributed by atoms with E-state index in [1.54, 1.807) is 71.5 Å². The molecule has 12 aromatic heterocycles. The first-order valence-corrected chi connectivity index (χ1v) is 49.3. The van der Waals surface area contributed by atoms with E-state index in [4.69, 9.17) is 42.9 Å². The SMILES string of the molecule is CC(C)S(=O)(=O)N1CCC(c2nc(-c3cc4ccccc4[nH]3)c3c(N)nccn23)CC1.CCCCS(=O)(=O)N1CCC(c2nc(-c3cc4ccccc4[nH]3)c3c(N)nccn23)CC1.Nc1nccn2c(C3CCN(C(=O)c4ccc([NH2+][O-])cc4)CC3)nc(-c3cc4ccccc4[nH]3)c12.Nc1nccn2c(C3CCN(S(=O)(=O)c4ccc(F)cc4)CC3)nc(-c3cc4ccccc4[nH]3)c12.O. The number of amides is 1. The molecule has 4 aliphatic rings. The number of imidazole rings is 4. The van der Waals surface area contributed by atoms with Crippen molar-refractivity contribution in [3.05, 3.63) is 259 Å². The van der Waals surface area contributed by atoms with Crippen LogP contribution < -0.4 is 28.4 Å². The molecule has 18 aromatic rings. The third-order valence-corrected chi connectivity index (χ3v) is 32.2. The fourth-order valence-electron chi connectivity index (χ4n) is 18.9. The number of unbranched alkanes of at least 4 members (excludes halogenated alkanes) is 1. The topological polar surface area (TPSA) is 492 Å². The third kappa shape index (κ3) is 17.7. The number of halogens is 1. The molecular formula is C96H104FN25O9S3. The zero-order chi connectivity index (χ0) is 92.1. The highest BCUT2D eigenvalue weighted by atomic mass is 32.2. The number of nitrogens with one attached hydrogen (secondary N) is 4. The predicted molar refractivity (Wildman–Crippen MR) is 519 cm³/mol. The summed E-state index contributed by atoms with van der Waals surface area (Å²) in [5.74, 6) is 5.54. The van der Waals surface area contributed by atoms with Gasteiger partial charge in [-0.2, -0.15) is 4.31 Å². The number of benzene rings is 6. The largest absolute Gasteiger partial charge is 0.630 e. The second-order valence-electron chi connectivity index (χ2n) is 34.5. The van der Waals surface area contributed by atoms with Gasteiger partial charge in [-0.1, -0.05) is 86.1 Å². The van der Waals surface area contributed by atoms with E-state index in [0.29, 0.717) is 106 Å². The second-order valence-corrected chi connectivity index (χ2v) is 41.0. The summed E-state index contributed by atoms with van der Waals surface area (Å²) in [5.41, 5.74) is 40.9. The van der Waals surface area contributed by atoms with Crippen LogP contribution in [-0.4, -0.2) is 195 Å². The molecule has 0 spiro atoms. The maximum atomic E-state index is 13.3. The zero-order valence-corrected chi connectivity index (χ0v) is 76.5. The van der Waals surface area contributed by atoms with E-state index in [1.165, 1.54) is 28.6 Å². The van der Waals surface area contributed by atoms with E-state index < -0.39 is 41.1 Å². The number of hydrogen-bond donors (Lipinski definition) is 9. The van der Waals surface area contributed by atoms with Gasteiger partial charge in [0.15, 0.2) is 0 Å². The molecule has 0 radical (unpaired) electrons. The number of anilines is 4. The molecule has 4 fully saturated rings. The number of H-pyrrole nitrogens is 4. The minimum absolute atomic E-state index is 0. The van der Waals surface area contributed by atoms with Crippen LogP contribution in [0.2, 0.25) is 0 Å². The lowest BCUT2D eigenvalue weighted by atomic mass is 9.95. The number of nitrogens with two attached hydrogens (primary N) is 5. The van der Waals surface area contributed by atoms with Crippen LogP contribution in [0.4, 0.5) is 33.3 Å². The smallest absolute Gasteiger partial charge is 0.253 e. The Morgan fingerprint density at radius 1 is 0.440 bits per heavy atom. The second kappa shape index (κ2) is 37.7. The van der Waals surface area contributed by atoms with Crippen molar-refractivity contribution in [3.8, 4) is 45.6 Å². The Labute approximate surface area is 771 Å². The number of quaternary nitrogens is 1. The van der Waals surface area contributed by atoms with E-state index in [-0.39, 0.29) is 45.7 Å². The minimum Gasteiger partial charge on any atom is -0.630 e. The van der Waals surface area contributed by atoms with Crippen molar-refractivity contribution in [2.75, 3.05) is 81.0 Å². The standard InChI is InChI=1S/C26H25N7O2.C25H23FN6O2S.C23H28N6O2S.C22H26N6O2S.H2O/c27-24-23-22(21-15-18-3-1-2-4-20(18)29-21)30-25(33(23)14-11-28-24)16-9-12-32(13-10-16)26(34)17-5-7-19(31-35)8-6-17;26-18-5-7-19(8-6-18)35(33,34)31-12-9-16(10-13-31)25-30-22(23-24(27)28-11-14-32(23)25)21-15-17-3-1-2-4-20(17)29-21;1-2-3-14-32(30,31)28-11-8-16(9-12-28)23-27-20(21-22(24)25-10-13-29(21)23)19-15-17-6-4-5-7-18(17)26-19;1-14(2)31(29,30)27-10-7-15(8-11-27)22-26-19(20-21(23)24-9-12-28(20)22)18-13-16-5-3-4-6-17(16)25-18;/h1-8,11,14-16,29H,9-10,12-13,31H2,(H2,27,28);1-8,11,14-16,29H,9-10,12-13H2,(H2,27,28);4-7,10,13,15-16,26H,2-3,8-9,11-12,14H2,1H3,(H2,24,25);3-6,9,12-15,25H,7-8,10-11H2,1-2H3,(H2,23,24);1H2. The lowest BCUT2D eigenvalue weighted by Crippen LogP contribution is -2.70. The number of aromatic nitrogens is 16. The summed E-state index contributed by atoms with van der Waals surface area (Å²) in [4.78, 5) is 66.0. The lowest BCUT2D eigenvalue weighted by Gasteiger charge is -2.31. The molecule has 0 atom stereocenters. The fraction of sp³-hybridized carbons (Fsp3) is 0.281. The average Bonchev–Trinajstić information content (AvgIpc) is 1.60. The molecule has 34 nitrogen and oxygen atoms in total. The summed E-state index contributed by atoms with van der Waals surface area (Å²) in [7, 11) is -10.1. The Morgan fingerprint density at radius 3 is 1.07 bits per heavy atom. The van der Waals surface area contributed by atoms with Crippen molar-refractivity contribution in [3.63, 3.8) is 0 Å². The Morgan fingerprint density at radius 2 is 0.754 bits per heavy atom. The molecule has 22 rings (SSSR count). The third-order valence-electron chi connectivity index (χ3n) is 26.0. The molecule has 1 amide bonds. The van der Waals surface area contributed by atoms with E-state index in [9.17, 15) is 39.6 Å². The molecule has 38 heteroatoms. The van der Waals surface area contributed by atoms with Gasteiger partial charge in [-0.3, -0.25) is 22.4 Å². The molecule has 692 valence electrons. The summed E-state index contributed by atoms with van der Waals surface area (Å²) >= 11 is 0. The van der Waals surface area contributed by atoms with Crippen LogP contribution in [-0.2, 0) is 30.1 Å². The van der Waals surface area contributed by atoms with Gasteiger partial charge >= 0.3 is 0 Å². The maximum Gasteiger partial charge on any atom is 0.253 e.